The molecule has 13 nitrogen and oxygen atoms in total. The first-order valence-electron chi connectivity index (χ1n) is 17.9. The van der Waals surface area contributed by atoms with Gasteiger partial charge in [-0.1, -0.05) is 60.7 Å². The van der Waals surface area contributed by atoms with E-state index in [2.05, 4.69) is 21.2 Å². The van der Waals surface area contributed by atoms with E-state index in [1.165, 1.54) is 0 Å². The Hall–Kier alpha value is -5.18. The topological polar surface area (TPSA) is 167 Å². The molecular weight excluding hydrogens is 678 g/mol. The predicted molar refractivity (Wildman–Crippen MR) is 198 cm³/mol. The van der Waals surface area contributed by atoms with E-state index in [-0.39, 0.29) is 48.2 Å². The van der Waals surface area contributed by atoms with Gasteiger partial charge in [0.15, 0.2) is 6.29 Å². The number of amides is 2. The van der Waals surface area contributed by atoms with E-state index >= 15 is 0 Å². The van der Waals surface area contributed by atoms with E-state index in [1.807, 2.05) is 78.9 Å². The molecule has 0 bridgehead atoms. The third-order valence-electron chi connectivity index (χ3n) is 9.72. The van der Waals surface area contributed by atoms with Crippen molar-refractivity contribution in [2.75, 3.05) is 37.6 Å². The number of nitrogens with one attached hydrogen (secondary N) is 2. The molecule has 13 heteroatoms. The fourth-order valence-electron chi connectivity index (χ4n) is 6.77. The number of aliphatic hydroxyl groups excluding tert-OH is 1. The number of carbonyl (C=O) groups excluding carboxylic acids is 2. The van der Waals surface area contributed by atoms with Gasteiger partial charge in [-0.15, -0.1) is 0 Å². The van der Waals surface area contributed by atoms with Gasteiger partial charge in [-0.05, 0) is 58.5 Å². The van der Waals surface area contributed by atoms with Crippen LogP contribution >= 0.6 is 0 Å². The Bertz CT molecular complexity index is 1850. The highest BCUT2D eigenvalue weighted by Gasteiger charge is 2.34. The Morgan fingerprint density at radius 3 is 2.21 bits per heavy atom. The van der Waals surface area contributed by atoms with Gasteiger partial charge in [0.25, 0.3) is 5.69 Å². The maximum absolute atomic E-state index is 12.3. The van der Waals surface area contributed by atoms with Crippen molar-refractivity contribution in [2.45, 2.75) is 57.3 Å². The van der Waals surface area contributed by atoms with Gasteiger partial charge in [-0.25, -0.2) is 5.48 Å². The van der Waals surface area contributed by atoms with Crippen LogP contribution in [0.5, 0.6) is 0 Å². The van der Waals surface area contributed by atoms with Crippen molar-refractivity contribution in [3.8, 4) is 11.1 Å². The van der Waals surface area contributed by atoms with Gasteiger partial charge in [-0.3, -0.25) is 29.8 Å². The average Bonchev–Trinajstić information content (AvgIpc) is 3.20. The lowest BCUT2D eigenvalue weighted by molar-refractivity contribution is -0.384. The van der Waals surface area contributed by atoms with E-state index in [1.54, 1.807) is 17.6 Å². The van der Waals surface area contributed by atoms with Crippen molar-refractivity contribution in [3.05, 3.63) is 129 Å². The monoisotopic (exact) mass is 723 g/mol. The summed E-state index contributed by atoms with van der Waals surface area (Å²) in [5, 5.41) is 32.2. The minimum absolute atomic E-state index is 0.0299. The number of rotatable bonds is 14. The molecule has 2 fully saturated rings. The number of nitro groups is 1. The lowest BCUT2D eigenvalue weighted by atomic mass is 9.98. The summed E-state index contributed by atoms with van der Waals surface area (Å²) >= 11 is 0. The smallest absolute Gasteiger partial charge is 0.269 e. The molecule has 0 radical (unpaired) electrons. The fourth-order valence-corrected chi connectivity index (χ4v) is 6.77. The summed E-state index contributed by atoms with van der Waals surface area (Å²) in [5.41, 5.74) is 8.26. The molecule has 0 saturated carbocycles. The molecule has 53 heavy (non-hydrogen) atoms. The van der Waals surface area contributed by atoms with E-state index in [0.717, 1.165) is 71.8 Å². The lowest BCUT2D eigenvalue weighted by Crippen LogP contribution is -2.49. The van der Waals surface area contributed by atoms with Crippen LogP contribution in [-0.2, 0) is 32.2 Å². The van der Waals surface area contributed by atoms with Crippen molar-refractivity contribution in [1.29, 1.82) is 0 Å². The maximum Gasteiger partial charge on any atom is 0.269 e. The first-order valence-corrected chi connectivity index (χ1v) is 17.9. The largest absolute Gasteiger partial charge is 0.392 e. The number of hydrogen-bond acceptors (Lipinski definition) is 10. The molecule has 2 saturated heterocycles. The summed E-state index contributed by atoms with van der Waals surface area (Å²) in [6, 6.07) is 30.6. The molecule has 4 aromatic carbocycles. The molecule has 0 spiro atoms. The fraction of sp³-hybridized carbons (Fsp3) is 0.350. The summed E-state index contributed by atoms with van der Waals surface area (Å²) in [7, 11) is 0. The van der Waals surface area contributed by atoms with Gasteiger partial charge in [0.2, 0.25) is 11.8 Å². The quantitative estimate of drug-likeness (QED) is 0.0751. The molecule has 278 valence electrons. The van der Waals surface area contributed by atoms with Crippen LogP contribution in [0.15, 0.2) is 97.1 Å². The van der Waals surface area contributed by atoms with E-state index in [4.69, 9.17) is 14.7 Å². The number of nitrogens with zero attached hydrogens (tertiary/aromatic N) is 3. The summed E-state index contributed by atoms with van der Waals surface area (Å²) in [4.78, 5) is 38.9. The van der Waals surface area contributed by atoms with Crippen LogP contribution in [0.4, 0.5) is 11.4 Å². The Balaban J connectivity index is 1.12. The van der Waals surface area contributed by atoms with Crippen molar-refractivity contribution in [1.82, 2.24) is 15.7 Å². The molecule has 0 aliphatic carbocycles. The first-order chi connectivity index (χ1) is 25.8. The molecule has 3 atom stereocenters. The molecule has 0 aromatic heterocycles. The lowest BCUT2D eigenvalue weighted by Gasteiger charge is -2.41. The highest BCUT2D eigenvalue weighted by molar-refractivity contribution is 5.78. The Labute approximate surface area is 308 Å². The highest BCUT2D eigenvalue weighted by Crippen LogP contribution is 2.39. The van der Waals surface area contributed by atoms with Crippen molar-refractivity contribution >= 4 is 23.2 Å². The average molecular weight is 724 g/mol. The molecule has 4 N–H and O–H groups in total. The third-order valence-corrected chi connectivity index (χ3v) is 9.72. The van der Waals surface area contributed by atoms with Crippen LogP contribution in [0, 0.1) is 10.1 Å². The van der Waals surface area contributed by atoms with Gasteiger partial charge in [0, 0.05) is 81.9 Å². The Morgan fingerprint density at radius 1 is 0.811 bits per heavy atom. The summed E-state index contributed by atoms with van der Waals surface area (Å²) in [6.07, 6.45) is 0.310. The summed E-state index contributed by atoms with van der Waals surface area (Å²) < 4.78 is 13.3. The van der Waals surface area contributed by atoms with Gasteiger partial charge in [0.1, 0.15) is 0 Å². The minimum Gasteiger partial charge on any atom is -0.392 e. The number of hydroxylamine groups is 1. The van der Waals surface area contributed by atoms with Gasteiger partial charge in [0.05, 0.1) is 23.7 Å². The molecule has 4 aromatic rings. The first kappa shape index (κ1) is 37.6. The highest BCUT2D eigenvalue weighted by atomic mass is 16.7. The van der Waals surface area contributed by atoms with Gasteiger partial charge >= 0.3 is 0 Å². The van der Waals surface area contributed by atoms with Crippen molar-refractivity contribution < 1.29 is 34.3 Å². The van der Waals surface area contributed by atoms with Crippen LogP contribution in [0.2, 0.25) is 0 Å². The number of nitro benzene ring substituents is 1. The van der Waals surface area contributed by atoms with E-state index in [9.17, 15) is 24.8 Å². The number of benzene rings is 4. The van der Waals surface area contributed by atoms with Gasteiger partial charge < -0.3 is 24.8 Å². The minimum atomic E-state index is -0.618. The second-order valence-electron chi connectivity index (χ2n) is 13.4. The number of hydrogen-bond donors (Lipinski definition) is 4. The standard InChI is InChI=1S/C40H45N5O8/c46-27-28-10-12-30(13-11-28)37-24-36(26-43-18-20-44(21-19-43)34-14-16-35(17-15-34)45(50)51)52-40(53-37)33-7-2-6-32(23-33)31-5-1-4-29(22-31)25-41-38(47)8-3-9-39(48)42-49/h1-2,4-7,10-17,22-23,36-37,40,46,49H,3,8-9,18-21,24-27H2,(H,41,47)(H,42,48). The number of ether oxygens (including phenoxy) is 2. The maximum atomic E-state index is 12.3. The predicted octanol–water partition coefficient (Wildman–Crippen LogP) is 5.41. The van der Waals surface area contributed by atoms with Crippen LogP contribution in [-0.4, -0.2) is 70.8 Å². The molecule has 6 rings (SSSR count). The zero-order valence-corrected chi connectivity index (χ0v) is 29.4. The molecule has 2 aliphatic rings. The van der Waals surface area contributed by atoms with Crippen LogP contribution in [0.1, 0.15) is 60.3 Å². The molecule has 2 amide bonds. The zero-order chi connectivity index (χ0) is 37.2. The summed E-state index contributed by atoms with van der Waals surface area (Å²) in [5.74, 6) is -0.687. The Morgan fingerprint density at radius 2 is 1.51 bits per heavy atom. The number of piperazine rings is 1. The second-order valence-corrected chi connectivity index (χ2v) is 13.4. The number of carbonyl (C=O) groups is 2. The SMILES string of the molecule is O=C(CCCC(=O)NCc1cccc(-c2cccc(C3OC(CN4CCN(c5ccc([N+](=O)[O-])cc5)CC4)CC(c4ccc(CO)cc4)O3)c2)c1)NO. The van der Waals surface area contributed by atoms with Crippen molar-refractivity contribution in [3.63, 3.8) is 0 Å². The van der Waals surface area contributed by atoms with Gasteiger partial charge in [-0.2, -0.15) is 0 Å². The Kier molecular flexibility index (Phi) is 12.8. The zero-order valence-electron chi connectivity index (χ0n) is 29.4. The van der Waals surface area contributed by atoms with E-state index < -0.39 is 12.2 Å². The molecule has 3 unspecified atom stereocenters. The molecular formula is C40H45N5O8. The normalized spacial score (nSPS) is 19.1. The number of aliphatic hydroxyl groups is 1. The summed E-state index contributed by atoms with van der Waals surface area (Å²) in [6.45, 7) is 4.28. The van der Waals surface area contributed by atoms with Crippen LogP contribution in [0.3, 0.4) is 0 Å². The molecule has 2 heterocycles. The second kappa shape index (κ2) is 18.0. The number of non-ortho nitro benzene ring substituents is 1. The molecule has 2 aliphatic heterocycles. The van der Waals surface area contributed by atoms with E-state index in [0.29, 0.717) is 19.4 Å². The number of anilines is 1. The van der Waals surface area contributed by atoms with Crippen molar-refractivity contribution in [2.24, 2.45) is 0 Å². The van der Waals surface area contributed by atoms with Crippen LogP contribution in [0.25, 0.3) is 11.1 Å². The van der Waals surface area contributed by atoms with Crippen LogP contribution < -0.4 is 15.7 Å². The third kappa shape index (κ3) is 10.2.